The van der Waals surface area contributed by atoms with Gasteiger partial charge in [-0.1, -0.05) is 20.3 Å². The van der Waals surface area contributed by atoms with Crippen molar-refractivity contribution in [2.24, 2.45) is 4.99 Å². The Kier molecular flexibility index (Phi) is 6.13. The van der Waals surface area contributed by atoms with E-state index in [1.54, 1.807) is 0 Å². The molecule has 25 heavy (non-hydrogen) atoms. The maximum atomic E-state index is 13.1. The smallest absolute Gasteiger partial charge is 0.493 e. The first-order chi connectivity index (χ1) is 11.7. The Morgan fingerprint density at radius 3 is 2.48 bits per heavy atom. The third-order valence-electron chi connectivity index (χ3n) is 4.00. The Bertz CT molecular complexity index is 755. The first-order valence-electron chi connectivity index (χ1n) is 8.37. The summed E-state index contributed by atoms with van der Waals surface area (Å²) in [6.45, 7) is 4.79. The highest BCUT2D eigenvalue weighted by molar-refractivity contribution is 7.92. The van der Waals surface area contributed by atoms with E-state index in [2.05, 4.69) is 4.99 Å². The molecule has 0 heterocycles. The van der Waals surface area contributed by atoms with Gasteiger partial charge in [0.2, 0.25) is 0 Å². The largest absolute Gasteiger partial charge is 0.501 e. The Labute approximate surface area is 146 Å². The van der Waals surface area contributed by atoms with Crippen LogP contribution in [-0.4, -0.2) is 32.8 Å². The van der Waals surface area contributed by atoms with Crippen molar-refractivity contribution < 1.29 is 26.3 Å². The van der Waals surface area contributed by atoms with Crippen LogP contribution < -0.4 is 4.74 Å². The van der Waals surface area contributed by atoms with E-state index < -0.39 is 20.2 Å². The van der Waals surface area contributed by atoms with Gasteiger partial charge in [0.05, 0.1) is 11.5 Å². The number of alkyl halides is 3. The van der Waals surface area contributed by atoms with Gasteiger partial charge in [0.25, 0.3) is 9.84 Å². The van der Waals surface area contributed by atoms with Crippen LogP contribution in [0.1, 0.15) is 50.7 Å². The first-order valence-corrected chi connectivity index (χ1v) is 9.86. The van der Waals surface area contributed by atoms with Crippen molar-refractivity contribution in [1.82, 2.24) is 0 Å². The van der Waals surface area contributed by atoms with Gasteiger partial charge in [0.1, 0.15) is 5.75 Å². The van der Waals surface area contributed by atoms with Crippen molar-refractivity contribution in [1.29, 1.82) is 0 Å². The summed E-state index contributed by atoms with van der Waals surface area (Å²) in [7, 11) is -5.44. The molecule has 0 amide bonds. The number of ether oxygens (including phenoxy) is 1. The van der Waals surface area contributed by atoms with Gasteiger partial charge in [-0.3, -0.25) is 4.99 Å². The molecular weight excluding hydrogens is 355 g/mol. The van der Waals surface area contributed by atoms with Gasteiger partial charge in [-0.05, 0) is 37.8 Å². The number of unbranched alkanes of at least 4 members (excludes halogenated alkanes) is 1. The van der Waals surface area contributed by atoms with E-state index in [1.165, 1.54) is 6.07 Å². The quantitative estimate of drug-likeness (QED) is 0.666. The van der Waals surface area contributed by atoms with Crippen LogP contribution in [0.3, 0.4) is 0 Å². The number of rotatable bonds is 7. The van der Waals surface area contributed by atoms with E-state index in [9.17, 15) is 21.6 Å². The molecule has 2 rings (SSSR count). The standard InChI is InChI=1S/C17H22F3NO3S/c1-3-5-10-21-13-7-6-12-14(24-11-4-2)8-9-15(16(12)13)25(22,23)17(18,19)20/h8-9H,3-7,10-11H2,1-2H3/b21-13+. The predicted octanol–water partition coefficient (Wildman–Crippen LogP) is 4.30. The molecule has 0 N–H and O–H groups in total. The molecule has 8 heteroatoms. The zero-order chi connectivity index (χ0) is 18.7. The van der Waals surface area contributed by atoms with E-state index in [1.807, 2.05) is 13.8 Å². The molecule has 140 valence electrons. The fraction of sp³-hybridized carbons (Fsp3) is 0.588. The summed E-state index contributed by atoms with van der Waals surface area (Å²) in [5.74, 6) is 0.443. The number of aliphatic imine (C=N–C) groups is 1. The van der Waals surface area contributed by atoms with E-state index in [0.29, 0.717) is 43.0 Å². The van der Waals surface area contributed by atoms with Crippen LogP contribution in [0, 0.1) is 0 Å². The van der Waals surface area contributed by atoms with E-state index in [0.717, 1.165) is 25.3 Å². The van der Waals surface area contributed by atoms with Crippen molar-refractivity contribution in [3.63, 3.8) is 0 Å². The second-order valence-electron chi connectivity index (χ2n) is 5.89. The maximum Gasteiger partial charge on any atom is 0.501 e. The lowest BCUT2D eigenvalue weighted by atomic mass is 10.1. The van der Waals surface area contributed by atoms with Crippen LogP contribution in [0.5, 0.6) is 5.75 Å². The predicted molar refractivity (Wildman–Crippen MR) is 90.1 cm³/mol. The highest BCUT2D eigenvalue weighted by Crippen LogP contribution is 2.40. The molecule has 1 aromatic rings. The molecule has 0 unspecified atom stereocenters. The molecular formula is C17H22F3NO3S. The molecule has 0 spiro atoms. The number of benzene rings is 1. The van der Waals surface area contributed by atoms with Crippen molar-refractivity contribution in [2.45, 2.75) is 56.4 Å². The van der Waals surface area contributed by atoms with Crippen LogP contribution >= 0.6 is 0 Å². The molecule has 0 aromatic heterocycles. The van der Waals surface area contributed by atoms with E-state index in [4.69, 9.17) is 4.74 Å². The van der Waals surface area contributed by atoms with Crippen LogP contribution in [0.2, 0.25) is 0 Å². The zero-order valence-electron chi connectivity index (χ0n) is 14.3. The summed E-state index contributed by atoms with van der Waals surface area (Å²) in [5.41, 5.74) is -4.33. The molecule has 0 saturated carbocycles. The Morgan fingerprint density at radius 1 is 1.16 bits per heavy atom. The summed E-state index contributed by atoms with van der Waals surface area (Å²) in [4.78, 5) is 3.65. The molecule has 0 saturated heterocycles. The lowest BCUT2D eigenvalue weighted by Gasteiger charge is -2.16. The van der Waals surface area contributed by atoms with Gasteiger partial charge in [-0.15, -0.1) is 0 Å². The maximum absolute atomic E-state index is 13.1. The molecule has 0 bridgehead atoms. The highest BCUT2D eigenvalue weighted by atomic mass is 32.2. The van der Waals surface area contributed by atoms with Gasteiger partial charge in [0, 0.05) is 23.4 Å². The lowest BCUT2D eigenvalue weighted by Crippen LogP contribution is -2.25. The van der Waals surface area contributed by atoms with Crippen molar-refractivity contribution in [2.75, 3.05) is 13.2 Å². The Balaban J connectivity index is 2.59. The van der Waals surface area contributed by atoms with Crippen LogP contribution in [0.15, 0.2) is 22.0 Å². The number of sulfone groups is 1. The van der Waals surface area contributed by atoms with Gasteiger partial charge >= 0.3 is 5.51 Å². The number of fused-ring (bicyclic) bond motifs is 1. The minimum absolute atomic E-state index is 0.0852. The molecule has 1 aliphatic carbocycles. The molecule has 1 aromatic carbocycles. The molecule has 0 radical (unpaired) electrons. The number of hydrogen-bond acceptors (Lipinski definition) is 4. The number of halogens is 3. The van der Waals surface area contributed by atoms with Gasteiger partial charge in [0.15, 0.2) is 0 Å². The monoisotopic (exact) mass is 377 g/mol. The average molecular weight is 377 g/mol. The molecule has 0 atom stereocenters. The van der Waals surface area contributed by atoms with Crippen molar-refractivity contribution in [3.05, 3.63) is 23.3 Å². The van der Waals surface area contributed by atoms with E-state index >= 15 is 0 Å². The molecule has 1 aliphatic rings. The Hall–Kier alpha value is -1.57. The lowest BCUT2D eigenvalue weighted by molar-refractivity contribution is -0.0436. The summed E-state index contributed by atoms with van der Waals surface area (Å²) < 4.78 is 68.8. The van der Waals surface area contributed by atoms with Crippen LogP contribution in [0.25, 0.3) is 0 Å². The third kappa shape index (κ3) is 3.99. The zero-order valence-corrected chi connectivity index (χ0v) is 15.1. The van der Waals surface area contributed by atoms with Crippen molar-refractivity contribution in [3.8, 4) is 5.75 Å². The van der Waals surface area contributed by atoms with Crippen molar-refractivity contribution >= 4 is 15.5 Å². The fourth-order valence-corrected chi connectivity index (χ4v) is 3.77. The second-order valence-corrected chi connectivity index (χ2v) is 7.80. The van der Waals surface area contributed by atoms with Gasteiger partial charge in [-0.2, -0.15) is 13.2 Å². The molecule has 0 fully saturated rings. The highest BCUT2D eigenvalue weighted by Gasteiger charge is 2.49. The number of nitrogens with zero attached hydrogens (tertiary/aromatic N) is 1. The SMILES string of the molecule is CCCC/N=C1\CCc2c(OCCC)ccc(S(=O)(=O)C(F)(F)F)c21. The fourth-order valence-electron chi connectivity index (χ4n) is 2.77. The minimum atomic E-state index is -5.44. The normalized spacial score (nSPS) is 16.3. The topological polar surface area (TPSA) is 55.7 Å². The summed E-state index contributed by atoms with van der Waals surface area (Å²) >= 11 is 0. The van der Waals surface area contributed by atoms with Crippen LogP contribution in [0.4, 0.5) is 13.2 Å². The molecule has 4 nitrogen and oxygen atoms in total. The van der Waals surface area contributed by atoms with Gasteiger partial charge < -0.3 is 4.74 Å². The van der Waals surface area contributed by atoms with Gasteiger partial charge in [-0.25, -0.2) is 8.42 Å². The Morgan fingerprint density at radius 2 is 1.88 bits per heavy atom. The summed E-state index contributed by atoms with van der Waals surface area (Å²) in [6.07, 6.45) is 3.30. The summed E-state index contributed by atoms with van der Waals surface area (Å²) in [6, 6.07) is 2.31. The first kappa shape index (κ1) is 19.8. The number of hydrogen-bond donors (Lipinski definition) is 0. The van der Waals surface area contributed by atoms with E-state index in [-0.39, 0.29) is 5.56 Å². The minimum Gasteiger partial charge on any atom is -0.493 e. The third-order valence-corrected chi connectivity index (χ3v) is 5.53. The second kappa shape index (κ2) is 7.76. The average Bonchev–Trinajstić information content (AvgIpc) is 2.96. The molecule has 0 aliphatic heterocycles. The van der Waals surface area contributed by atoms with Crippen LogP contribution in [-0.2, 0) is 16.3 Å². The summed E-state index contributed by atoms with van der Waals surface area (Å²) in [5, 5.41) is 0.